The molecule has 14 heavy (non-hydrogen) atoms. The van der Waals surface area contributed by atoms with Crippen LogP contribution in [0.3, 0.4) is 0 Å². The highest BCUT2D eigenvalue weighted by atomic mass is 79.9. The first-order valence-corrected chi connectivity index (χ1v) is 5.19. The zero-order valence-corrected chi connectivity index (χ0v) is 9.81. The molecule has 0 spiro atoms. The van der Waals surface area contributed by atoms with E-state index >= 15 is 0 Å². The quantitative estimate of drug-likeness (QED) is 0.644. The lowest BCUT2D eigenvalue weighted by atomic mass is 10.1. The normalized spacial score (nSPS) is 13.5. The van der Waals surface area contributed by atoms with Gasteiger partial charge in [0.05, 0.1) is 5.02 Å². The number of benzene rings is 1. The third-order valence-electron chi connectivity index (χ3n) is 1.75. The Morgan fingerprint density at radius 2 is 2.21 bits per heavy atom. The van der Waals surface area contributed by atoms with E-state index in [1.165, 1.54) is 18.2 Å². The highest BCUT2D eigenvalue weighted by molar-refractivity contribution is 9.10. The Bertz CT molecular complexity index is 365. The summed E-state index contributed by atoms with van der Waals surface area (Å²) in [5.41, 5.74) is 0.163. The van der Waals surface area contributed by atoms with Crippen LogP contribution in [0.2, 0.25) is 5.02 Å². The van der Waals surface area contributed by atoms with Crippen molar-refractivity contribution in [1.29, 1.82) is 0 Å². The Labute approximate surface area is 95.3 Å². The van der Waals surface area contributed by atoms with Crippen molar-refractivity contribution < 1.29 is 9.50 Å². The molecule has 1 unspecified atom stereocenters. The Hall–Kier alpha value is -0.380. The molecule has 0 aliphatic heterocycles. The second-order valence-electron chi connectivity index (χ2n) is 2.73. The fourth-order valence-electron chi connectivity index (χ4n) is 1.09. The molecule has 0 heterocycles. The molecular weight excluding hydrogens is 270 g/mol. The average Bonchev–Trinajstić information content (AvgIpc) is 2.13. The predicted octanol–water partition coefficient (Wildman–Crippen LogP) is 3.85. The molecule has 0 bridgehead atoms. The van der Waals surface area contributed by atoms with Gasteiger partial charge in [0.2, 0.25) is 0 Å². The van der Waals surface area contributed by atoms with Crippen LogP contribution in [0.1, 0.15) is 18.6 Å². The van der Waals surface area contributed by atoms with Crippen LogP contribution < -0.4 is 0 Å². The van der Waals surface area contributed by atoms with E-state index in [4.69, 9.17) is 11.6 Å². The molecule has 0 aromatic heterocycles. The second-order valence-corrected chi connectivity index (χ2v) is 3.93. The highest BCUT2D eigenvalue weighted by Crippen LogP contribution is 2.33. The third-order valence-corrected chi connectivity index (χ3v) is 3.15. The van der Waals surface area contributed by atoms with Gasteiger partial charge in [0.15, 0.2) is 0 Å². The standard InChI is InChI=1S/C10H9BrClFO/c1-2-3-8(14)9-7(13)5-4-6(12)10(9)11/h2-5,8,14H,1H3/b3-2+. The molecule has 1 atom stereocenters. The maximum atomic E-state index is 13.3. The molecule has 1 nitrogen and oxygen atoms in total. The molecular formula is C10H9BrClFO. The monoisotopic (exact) mass is 278 g/mol. The summed E-state index contributed by atoms with van der Waals surface area (Å²) < 4.78 is 13.7. The molecule has 0 aliphatic rings. The number of rotatable bonds is 2. The minimum Gasteiger partial charge on any atom is -0.384 e. The van der Waals surface area contributed by atoms with E-state index in [2.05, 4.69) is 15.9 Å². The van der Waals surface area contributed by atoms with E-state index in [1.54, 1.807) is 13.0 Å². The first kappa shape index (κ1) is 11.7. The fraction of sp³-hybridized carbons (Fsp3) is 0.200. The molecule has 0 amide bonds. The van der Waals surface area contributed by atoms with Gasteiger partial charge in [0.1, 0.15) is 11.9 Å². The molecule has 1 aromatic rings. The summed E-state index contributed by atoms with van der Waals surface area (Å²) in [6.45, 7) is 1.75. The lowest BCUT2D eigenvalue weighted by Gasteiger charge is -2.10. The largest absolute Gasteiger partial charge is 0.384 e. The van der Waals surface area contributed by atoms with Crippen LogP contribution in [0.5, 0.6) is 0 Å². The van der Waals surface area contributed by atoms with Crippen molar-refractivity contribution in [3.8, 4) is 0 Å². The lowest BCUT2D eigenvalue weighted by molar-refractivity contribution is 0.222. The molecule has 4 heteroatoms. The van der Waals surface area contributed by atoms with Gasteiger partial charge in [-0.15, -0.1) is 0 Å². The van der Waals surface area contributed by atoms with Gasteiger partial charge in [0.25, 0.3) is 0 Å². The van der Waals surface area contributed by atoms with Crippen molar-refractivity contribution >= 4 is 27.5 Å². The van der Waals surface area contributed by atoms with E-state index in [1.807, 2.05) is 0 Å². The summed E-state index contributed by atoms with van der Waals surface area (Å²) in [7, 11) is 0. The second kappa shape index (κ2) is 4.91. The molecule has 1 rings (SSSR count). The maximum Gasteiger partial charge on any atom is 0.130 e. The number of halogens is 3. The molecule has 76 valence electrons. The van der Waals surface area contributed by atoms with Crippen LogP contribution in [-0.4, -0.2) is 5.11 Å². The van der Waals surface area contributed by atoms with E-state index in [9.17, 15) is 9.50 Å². The molecule has 1 N–H and O–H groups in total. The Morgan fingerprint density at radius 1 is 1.57 bits per heavy atom. The minimum atomic E-state index is -0.979. The van der Waals surface area contributed by atoms with Crippen molar-refractivity contribution in [3.05, 3.63) is 45.2 Å². The fourth-order valence-corrected chi connectivity index (χ4v) is 1.81. The van der Waals surface area contributed by atoms with Crippen LogP contribution in [0.4, 0.5) is 4.39 Å². The first-order valence-electron chi connectivity index (χ1n) is 4.02. The topological polar surface area (TPSA) is 20.2 Å². The number of hydrogen-bond donors (Lipinski definition) is 1. The van der Waals surface area contributed by atoms with Gasteiger partial charge in [-0.25, -0.2) is 4.39 Å². The van der Waals surface area contributed by atoms with Crippen LogP contribution in [0.25, 0.3) is 0 Å². The summed E-state index contributed by atoms with van der Waals surface area (Å²) in [6.07, 6.45) is 2.16. The first-order chi connectivity index (χ1) is 6.57. The van der Waals surface area contributed by atoms with Crippen LogP contribution in [-0.2, 0) is 0 Å². The van der Waals surface area contributed by atoms with E-state index in [0.717, 1.165) is 0 Å². The smallest absolute Gasteiger partial charge is 0.130 e. The predicted molar refractivity (Wildman–Crippen MR) is 58.9 cm³/mol. The molecule has 0 radical (unpaired) electrons. The van der Waals surface area contributed by atoms with E-state index in [0.29, 0.717) is 9.50 Å². The summed E-state index contributed by atoms with van der Waals surface area (Å²) in [5.74, 6) is -0.480. The van der Waals surface area contributed by atoms with Gasteiger partial charge in [-0.1, -0.05) is 23.8 Å². The summed E-state index contributed by atoms with van der Waals surface area (Å²) >= 11 is 8.92. The van der Waals surface area contributed by atoms with Crippen molar-refractivity contribution in [3.63, 3.8) is 0 Å². The Balaban J connectivity index is 3.24. The average molecular weight is 280 g/mol. The third kappa shape index (κ3) is 2.35. The molecule has 0 saturated heterocycles. The summed E-state index contributed by atoms with van der Waals surface area (Å²) in [6, 6.07) is 2.67. The zero-order valence-electron chi connectivity index (χ0n) is 7.47. The highest BCUT2D eigenvalue weighted by Gasteiger charge is 2.15. The van der Waals surface area contributed by atoms with Gasteiger partial charge in [-0.2, -0.15) is 0 Å². The minimum absolute atomic E-state index is 0.163. The van der Waals surface area contributed by atoms with Crippen molar-refractivity contribution in [2.24, 2.45) is 0 Å². The zero-order chi connectivity index (χ0) is 10.7. The molecule has 0 saturated carbocycles. The van der Waals surface area contributed by atoms with Crippen LogP contribution in [0, 0.1) is 5.82 Å². The van der Waals surface area contributed by atoms with Gasteiger partial charge in [-0.3, -0.25) is 0 Å². The molecule has 1 aromatic carbocycles. The van der Waals surface area contributed by atoms with E-state index in [-0.39, 0.29) is 5.56 Å². The summed E-state index contributed by atoms with van der Waals surface area (Å²) in [4.78, 5) is 0. The SMILES string of the molecule is C/C=C/C(O)c1c(F)ccc(Cl)c1Br. The van der Waals surface area contributed by atoms with Gasteiger partial charge < -0.3 is 5.11 Å². The van der Waals surface area contributed by atoms with Crippen LogP contribution >= 0.6 is 27.5 Å². The van der Waals surface area contributed by atoms with Gasteiger partial charge in [-0.05, 0) is 35.0 Å². The Kier molecular flexibility index (Phi) is 4.11. The van der Waals surface area contributed by atoms with Crippen molar-refractivity contribution in [2.45, 2.75) is 13.0 Å². The molecule has 0 fully saturated rings. The Morgan fingerprint density at radius 3 is 2.79 bits per heavy atom. The molecule has 0 aliphatic carbocycles. The number of hydrogen-bond acceptors (Lipinski definition) is 1. The van der Waals surface area contributed by atoms with Crippen molar-refractivity contribution in [1.82, 2.24) is 0 Å². The van der Waals surface area contributed by atoms with Gasteiger partial charge in [0, 0.05) is 10.0 Å². The van der Waals surface area contributed by atoms with Crippen molar-refractivity contribution in [2.75, 3.05) is 0 Å². The van der Waals surface area contributed by atoms with Gasteiger partial charge >= 0.3 is 0 Å². The summed E-state index contributed by atoms with van der Waals surface area (Å²) in [5, 5.41) is 9.97. The number of aliphatic hydroxyl groups excluding tert-OH is 1. The lowest BCUT2D eigenvalue weighted by Crippen LogP contribution is -1.99. The number of allylic oxidation sites excluding steroid dienone is 1. The van der Waals surface area contributed by atoms with Crippen LogP contribution in [0.15, 0.2) is 28.8 Å². The maximum absolute atomic E-state index is 13.3. The number of aliphatic hydroxyl groups is 1. The van der Waals surface area contributed by atoms with E-state index < -0.39 is 11.9 Å².